The molecule has 126 valence electrons. The van der Waals surface area contributed by atoms with Crippen molar-refractivity contribution in [1.82, 2.24) is 24.5 Å². The van der Waals surface area contributed by atoms with Crippen molar-refractivity contribution in [2.75, 3.05) is 6.54 Å². The van der Waals surface area contributed by atoms with Crippen LogP contribution in [0, 0.1) is 5.92 Å². The van der Waals surface area contributed by atoms with E-state index in [1.165, 1.54) is 11.1 Å². The van der Waals surface area contributed by atoms with Crippen molar-refractivity contribution in [1.29, 1.82) is 0 Å². The van der Waals surface area contributed by atoms with Crippen LogP contribution in [0.3, 0.4) is 0 Å². The van der Waals surface area contributed by atoms with Crippen molar-refractivity contribution >= 4 is 0 Å². The molecule has 0 fully saturated rings. The molecule has 0 unspecified atom stereocenters. The Morgan fingerprint density at radius 3 is 2.38 bits per heavy atom. The van der Waals surface area contributed by atoms with Gasteiger partial charge in [0.05, 0.1) is 11.9 Å². The Kier molecular flexibility index (Phi) is 5.11. The Bertz CT molecular complexity index is 740. The molecule has 0 saturated carbocycles. The summed E-state index contributed by atoms with van der Waals surface area (Å²) in [6.07, 6.45) is 7.80. The molecule has 0 aliphatic carbocycles. The summed E-state index contributed by atoms with van der Waals surface area (Å²) >= 11 is 0. The Morgan fingerprint density at radius 1 is 1.04 bits per heavy atom. The van der Waals surface area contributed by atoms with Crippen molar-refractivity contribution in [3.8, 4) is 5.69 Å². The zero-order valence-electron chi connectivity index (χ0n) is 14.6. The molecular weight excluding hydrogens is 298 g/mol. The van der Waals surface area contributed by atoms with Gasteiger partial charge in [-0.25, -0.2) is 4.68 Å². The molecule has 5 heteroatoms. The minimum absolute atomic E-state index is 0.630. The summed E-state index contributed by atoms with van der Waals surface area (Å²) in [6.45, 7) is 7.45. The SMILES string of the molecule is CC(C)CN(Cc1ccc(-n2cccn2)cc1)Cc1cnn(C)c1. The van der Waals surface area contributed by atoms with Crippen LogP contribution in [-0.4, -0.2) is 31.0 Å². The molecule has 3 aromatic rings. The second-order valence-electron chi connectivity index (χ2n) is 6.70. The molecule has 2 aromatic heterocycles. The Labute approximate surface area is 143 Å². The van der Waals surface area contributed by atoms with E-state index >= 15 is 0 Å². The summed E-state index contributed by atoms with van der Waals surface area (Å²) in [4.78, 5) is 2.48. The molecule has 0 bridgehead atoms. The van der Waals surface area contributed by atoms with E-state index in [1.54, 1.807) is 6.20 Å². The number of hydrogen-bond acceptors (Lipinski definition) is 3. The van der Waals surface area contributed by atoms with Crippen molar-refractivity contribution in [3.63, 3.8) is 0 Å². The minimum atomic E-state index is 0.630. The standard InChI is InChI=1S/C19H25N5/c1-16(2)12-23(15-18-11-21-22(3)13-18)14-17-5-7-19(8-6-17)24-10-4-9-20-24/h4-11,13,16H,12,14-15H2,1-3H3. The molecule has 0 saturated heterocycles. The summed E-state index contributed by atoms with van der Waals surface area (Å²) in [7, 11) is 1.96. The highest BCUT2D eigenvalue weighted by Gasteiger charge is 2.10. The predicted molar refractivity (Wildman–Crippen MR) is 95.7 cm³/mol. The first kappa shape index (κ1) is 16.5. The number of benzene rings is 1. The van der Waals surface area contributed by atoms with Crippen molar-refractivity contribution < 1.29 is 0 Å². The number of rotatable bonds is 7. The van der Waals surface area contributed by atoms with E-state index in [0.717, 1.165) is 25.3 Å². The lowest BCUT2D eigenvalue weighted by molar-refractivity contribution is 0.227. The van der Waals surface area contributed by atoms with Gasteiger partial charge in [-0.2, -0.15) is 10.2 Å². The summed E-state index contributed by atoms with van der Waals surface area (Å²) in [5.74, 6) is 0.630. The first-order chi connectivity index (χ1) is 11.6. The van der Waals surface area contributed by atoms with Crippen LogP contribution < -0.4 is 0 Å². The van der Waals surface area contributed by atoms with Gasteiger partial charge >= 0.3 is 0 Å². The number of hydrogen-bond donors (Lipinski definition) is 0. The van der Waals surface area contributed by atoms with Crippen molar-refractivity contribution in [2.24, 2.45) is 13.0 Å². The summed E-state index contributed by atoms with van der Waals surface area (Å²) in [5, 5.41) is 8.55. The third-order valence-electron chi connectivity index (χ3n) is 3.90. The summed E-state index contributed by atoms with van der Waals surface area (Å²) in [6, 6.07) is 10.6. The zero-order valence-corrected chi connectivity index (χ0v) is 14.6. The predicted octanol–water partition coefficient (Wildman–Crippen LogP) is 3.26. The molecule has 0 atom stereocenters. The third kappa shape index (κ3) is 4.32. The fourth-order valence-electron chi connectivity index (χ4n) is 2.95. The van der Waals surface area contributed by atoms with Gasteiger partial charge in [0.15, 0.2) is 0 Å². The Hall–Kier alpha value is -2.40. The van der Waals surface area contributed by atoms with Crippen molar-refractivity contribution in [2.45, 2.75) is 26.9 Å². The largest absolute Gasteiger partial charge is 0.294 e. The van der Waals surface area contributed by atoms with E-state index in [4.69, 9.17) is 0 Å². The van der Waals surface area contributed by atoms with Crippen LogP contribution in [0.15, 0.2) is 55.1 Å². The molecule has 1 aromatic carbocycles. The first-order valence-electron chi connectivity index (χ1n) is 8.39. The maximum atomic E-state index is 4.28. The molecule has 0 aliphatic heterocycles. The highest BCUT2D eigenvalue weighted by molar-refractivity contribution is 5.33. The second kappa shape index (κ2) is 7.45. The third-order valence-corrected chi connectivity index (χ3v) is 3.90. The highest BCUT2D eigenvalue weighted by atomic mass is 15.3. The van der Waals surface area contributed by atoms with Gasteiger partial charge in [-0.3, -0.25) is 9.58 Å². The average molecular weight is 323 g/mol. The quantitative estimate of drug-likeness (QED) is 0.670. The fourth-order valence-corrected chi connectivity index (χ4v) is 2.95. The molecule has 0 spiro atoms. The van der Waals surface area contributed by atoms with Gasteiger partial charge in [0.1, 0.15) is 0 Å². The van der Waals surface area contributed by atoms with Gasteiger partial charge in [-0.1, -0.05) is 26.0 Å². The lowest BCUT2D eigenvalue weighted by atomic mass is 10.1. The van der Waals surface area contributed by atoms with Gasteiger partial charge in [0.2, 0.25) is 0 Å². The zero-order chi connectivity index (χ0) is 16.9. The topological polar surface area (TPSA) is 38.9 Å². The van der Waals surface area contributed by atoms with Crippen LogP contribution in [0.2, 0.25) is 0 Å². The van der Waals surface area contributed by atoms with Gasteiger partial charge in [-0.15, -0.1) is 0 Å². The minimum Gasteiger partial charge on any atom is -0.294 e. The van der Waals surface area contributed by atoms with E-state index in [-0.39, 0.29) is 0 Å². The highest BCUT2D eigenvalue weighted by Crippen LogP contribution is 2.14. The van der Waals surface area contributed by atoms with Gasteiger partial charge in [0, 0.05) is 50.8 Å². The molecule has 5 nitrogen and oxygen atoms in total. The molecular formula is C19H25N5. The van der Waals surface area contributed by atoms with E-state index < -0.39 is 0 Å². The number of aromatic nitrogens is 4. The molecule has 0 amide bonds. The average Bonchev–Trinajstić information content (AvgIpc) is 3.19. The van der Waals surface area contributed by atoms with E-state index in [9.17, 15) is 0 Å². The van der Waals surface area contributed by atoms with Crippen LogP contribution in [0.5, 0.6) is 0 Å². The molecule has 3 rings (SSSR count). The lowest BCUT2D eigenvalue weighted by Crippen LogP contribution is -2.26. The van der Waals surface area contributed by atoms with Crippen LogP contribution >= 0.6 is 0 Å². The summed E-state index contributed by atoms with van der Waals surface area (Å²) in [5.41, 5.74) is 3.66. The van der Waals surface area contributed by atoms with E-state index in [0.29, 0.717) is 5.92 Å². The van der Waals surface area contributed by atoms with Crippen LogP contribution in [0.4, 0.5) is 0 Å². The number of nitrogens with zero attached hydrogens (tertiary/aromatic N) is 5. The normalized spacial score (nSPS) is 11.5. The molecule has 0 radical (unpaired) electrons. The maximum Gasteiger partial charge on any atom is 0.0645 e. The van der Waals surface area contributed by atoms with Gasteiger partial charge < -0.3 is 0 Å². The first-order valence-corrected chi connectivity index (χ1v) is 8.39. The number of aryl methyl sites for hydroxylation is 1. The van der Waals surface area contributed by atoms with Crippen molar-refractivity contribution in [3.05, 3.63) is 66.2 Å². The Morgan fingerprint density at radius 2 is 1.79 bits per heavy atom. The smallest absolute Gasteiger partial charge is 0.0645 e. The Balaban J connectivity index is 1.69. The molecule has 2 heterocycles. The van der Waals surface area contributed by atoms with E-state index in [1.807, 2.05) is 34.9 Å². The molecule has 0 aliphatic rings. The fraction of sp³-hybridized carbons (Fsp3) is 0.368. The monoisotopic (exact) mass is 323 g/mol. The van der Waals surface area contributed by atoms with Gasteiger partial charge in [-0.05, 0) is 29.7 Å². The van der Waals surface area contributed by atoms with Crippen LogP contribution in [-0.2, 0) is 20.1 Å². The van der Waals surface area contributed by atoms with Crippen LogP contribution in [0.1, 0.15) is 25.0 Å². The molecule has 0 N–H and O–H groups in total. The lowest BCUT2D eigenvalue weighted by Gasteiger charge is -2.24. The second-order valence-corrected chi connectivity index (χ2v) is 6.70. The van der Waals surface area contributed by atoms with E-state index in [2.05, 4.69) is 59.4 Å². The molecule has 24 heavy (non-hydrogen) atoms. The van der Waals surface area contributed by atoms with Gasteiger partial charge in [0.25, 0.3) is 0 Å². The maximum absolute atomic E-state index is 4.28. The van der Waals surface area contributed by atoms with Crippen LogP contribution in [0.25, 0.3) is 5.69 Å². The summed E-state index contributed by atoms with van der Waals surface area (Å²) < 4.78 is 3.74.